The molecule has 0 aliphatic carbocycles. The predicted molar refractivity (Wildman–Crippen MR) is 30.9 cm³/mol. The number of amides is 1. The van der Waals surface area contributed by atoms with Gasteiger partial charge < -0.3 is 10.9 Å². The van der Waals surface area contributed by atoms with Crippen LogP contribution in [0.4, 0.5) is 5.82 Å². The van der Waals surface area contributed by atoms with Crippen molar-refractivity contribution in [1.29, 1.82) is 0 Å². The molecule has 62 valence electrons. The highest BCUT2D eigenvalue weighted by Gasteiger charge is 2.34. The van der Waals surface area contributed by atoms with E-state index in [-0.39, 0.29) is 10.7 Å². The molecular formula is C3H2N6O3. The minimum absolute atomic E-state index is 0.0962. The summed E-state index contributed by atoms with van der Waals surface area (Å²) in [6.45, 7) is 0. The van der Waals surface area contributed by atoms with Gasteiger partial charge in [-0.2, -0.15) is 0 Å². The molecule has 0 fully saturated rings. The first-order valence-corrected chi connectivity index (χ1v) is 2.81. The van der Waals surface area contributed by atoms with Gasteiger partial charge in [0.2, 0.25) is 0 Å². The molecule has 1 aromatic rings. The molecule has 12 heavy (non-hydrogen) atoms. The third kappa shape index (κ3) is 0.761. The average molecular weight is 170 g/mol. The van der Waals surface area contributed by atoms with Crippen molar-refractivity contribution in [3.05, 3.63) is 10.9 Å². The van der Waals surface area contributed by atoms with Gasteiger partial charge in [0.1, 0.15) is 0 Å². The van der Waals surface area contributed by atoms with Gasteiger partial charge >= 0.3 is 17.4 Å². The quantitative estimate of drug-likeness (QED) is 0.520. The molecule has 1 aromatic heterocycles. The molecule has 0 atom stereocenters. The van der Waals surface area contributed by atoms with Crippen molar-refractivity contribution in [1.82, 2.24) is 10.3 Å². The van der Waals surface area contributed by atoms with Crippen molar-refractivity contribution in [3.8, 4) is 0 Å². The topological polar surface area (TPSA) is 124 Å². The summed E-state index contributed by atoms with van der Waals surface area (Å²) in [4.78, 5) is 11.0. The van der Waals surface area contributed by atoms with Crippen molar-refractivity contribution in [2.75, 3.05) is 5.73 Å². The summed E-state index contributed by atoms with van der Waals surface area (Å²) in [5.74, 6) is -1.05. The summed E-state index contributed by atoms with van der Waals surface area (Å²) in [5, 5.41) is 20.8. The van der Waals surface area contributed by atoms with E-state index in [2.05, 4.69) is 20.2 Å². The third-order valence-corrected chi connectivity index (χ3v) is 1.20. The minimum atomic E-state index is -0.760. The molecule has 2 heterocycles. The van der Waals surface area contributed by atoms with E-state index in [9.17, 15) is 10.0 Å². The lowest BCUT2D eigenvalue weighted by molar-refractivity contribution is -0.803. The first-order chi connectivity index (χ1) is 5.70. The van der Waals surface area contributed by atoms with Gasteiger partial charge in [-0.15, -0.1) is 0 Å². The number of anilines is 1. The van der Waals surface area contributed by atoms with Gasteiger partial charge in [-0.1, -0.05) is 5.12 Å². The number of hydrogen-bond acceptors (Lipinski definition) is 7. The van der Waals surface area contributed by atoms with Gasteiger partial charge in [0.15, 0.2) is 0 Å². The zero-order chi connectivity index (χ0) is 8.72. The lowest BCUT2D eigenvalue weighted by Gasteiger charge is -1.90. The van der Waals surface area contributed by atoms with E-state index in [0.29, 0.717) is 5.12 Å². The monoisotopic (exact) mass is 170 g/mol. The number of rotatable bonds is 1. The Morgan fingerprint density at radius 1 is 1.67 bits per heavy atom. The summed E-state index contributed by atoms with van der Waals surface area (Å²) in [7, 11) is 0. The summed E-state index contributed by atoms with van der Waals surface area (Å²) in [6, 6.07) is 0. The molecule has 9 nitrogen and oxygen atoms in total. The van der Waals surface area contributed by atoms with Crippen LogP contribution in [0.1, 0.15) is 10.5 Å². The first kappa shape index (κ1) is 6.52. The number of hydrogen-bond donors (Lipinski definition) is 1. The van der Waals surface area contributed by atoms with Crippen molar-refractivity contribution in [2.45, 2.75) is 0 Å². The van der Waals surface area contributed by atoms with Gasteiger partial charge in [-0.25, -0.2) is 0 Å². The second-order valence-corrected chi connectivity index (χ2v) is 1.94. The van der Waals surface area contributed by atoms with Gasteiger partial charge in [0, 0.05) is 0 Å². The highest BCUT2D eigenvalue weighted by molar-refractivity contribution is 5.94. The average Bonchev–Trinajstić information content (AvgIpc) is 2.79. The molecule has 2 rings (SSSR count). The van der Waals surface area contributed by atoms with E-state index < -0.39 is 11.6 Å². The molecule has 2 N–H and O–H groups in total. The smallest absolute Gasteiger partial charge is 0.348 e. The zero-order valence-electron chi connectivity index (χ0n) is 5.54. The van der Waals surface area contributed by atoms with Gasteiger partial charge in [0.05, 0.1) is 5.16 Å². The Morgan fingerprint density at radius 2 is 2.33 bits per heavy atom. The van der Waals surface area contributed by atoms with Crippen LogP contribution in [0.2, 0.25) is 0 Å². The Kier molecular flexibility index (Phi) is 1.03. The van der Waals surface area contributed by atoms with Crippen molar-refractivity contribution < 1.29 is 14.3 Å². The predicted octanol–water partition coefficient (Wildman–Crippen LogP) is -1.37. The summed E-state index contributed by atoms with van der Waals surface area (Å²) in [6.07, 6.45) is 0. The third-order valence-electron chi connectivity index (χ3n) is 1.20. The molecule has 0 saturated heterocycles. The first-order valence-electron chi connectivity index (χ1n) is 2.81. The van der Waals surface area contributed by atoms with Crippen LogP contribution in [0.5, 0.6) is 0 Å². The Bertz CT molecular complexity index is 343. The van der Waals surface area contributed by atoms with E-state index in [1.54, 1.807) is 0 Å². The fourth-order valence-electron chi connectivity index (χ4n) is 0.642. The molecule has 0 bridgehead atoms. The van der Waals surface area contributed by atoms with E-state index in [1.807, 2.05) is 0 Å². The second-order valence-electron chi connectivity index (χ2n) is 1.94. The molecule has 0 spiro atoms. The van der Waals surface area contributed by atoms with Crippen LogP contribution >= 0.6 is 0 Å². The van der Waals surface area contributed by atoms with Crippen LogP contribution in [0.15, 0.2) is 15.1 Å². The van der Waals surface area contributed by atoms with Gasteiger partial charge in [0.25, 0.3) is 0 Å². The fourth-order valence-corrected chi connectivity index (χ4v) is 0.642. The highest BCUT2D eigenvalue weighted by Crippen LogP contribution is 2.14. The van der Waals surface area contributed by atoms with Gasteiger partial charge in [-0.3, -0.25) is 9.42 Å². The van der Waals surface area contributed by atoms with Crippen LogP contribution in [0.25, 0.3) is 0 Å². The molecular weight excluding hydrogens is 168 g/mol. The van der Waals surface area contributed by atoms with Crippen LogP contribution < -0.4 is 10.6 Å². The van der Waals surface area contributed by atoms with Crippen molar-refractivity contribution in [2.24, 2.45) is 10.4 Å². The Morgan fingerprint density at radius 3 is 2.75 bits per heavy atom. The standard InChI is InChI=1S/C3H2N6O3/c4-2-1(9(11)12-5-2)3(10)8-6-7-8/h(H2,4,5). The summed E-state index contributed by atoms with van der Waals surface area (Å²) < 4.78 is 4.05. The molecule has 1 aliphatic heterocycles. The fraction of sp³-hybridized carbons (Fsp3) is 0. The highest BCUT2D eigenvalue weighted by atomic mass is 16.8. The van der Waals surface area contributed by atoms with Crippen molar-refractivity contribution in [3.63, 3.8) is 0 Å². The van der Waals surface area contributed by atoms with Crippen LogP contribution in [-0.2, 0) is 0 Å². The van der Waals surface area contributed by atoms with Gasteiger partial charge in [-0.05, 0) is 15.3 Å². The lowest BCUT2D eigenvalue weighted by Crippen LogP contribution is -2.34. The molecule has 0 unspecified atom stereocenters. The van der Waals surface area contributed by atoms with E-state index in [4.69, 9.17) is 5.73 Å². The van der Waals surface area contributed by atoms with Crippen LogP contribution in [0, 0.1) is 5.21 Å². The molecule has 0 saturated carbocycles. The molecule has 1 aliphatic rings. The van der Waals surface area contributed by atoms with Crippen LogP contribution in [0.3, 0.4) is 0 Å². The Balaban J connectivity index is 2.37. The number of nitrogens with two attached hydrogens (primary N) is 1. The molecule has 0 radical (unpaired) electrons. The molecule has 1 amide bonds. The van der Waals surface area contributed by atoms with E-state index in [1.165, 1.54) is 0 Å². The largest absolute Gasteiger partial charge is 0.359 e. The number of carbonyl (C=O) groups is 1. The number of aromatic nitrogens is 2. The summed E-state index contributed by atoms with van der Waals surface area (Å²) in [5.41, 5.74) is 4.73. The van der Waals surface area contributed by atoms with Crippen molar-refractivity contribution >= 4 is 11.7 Å². The van der Waals surface area contributed by atoms with E-state index >= 15 is 0 Å². The number of carbonyl (C=O) groups excluding carboxylic acids is 1. The maximum atomic E-state index is 11.0. The Labute approximate surface area is 64.5 Å². The lowest BCUT2D eigenvalue weighted by atomic mass is 10.4. The minimum Gasteiger partial charge on any atom is -0.359 e. The number of nitrogens with zero attached hydrogens (tertiary/aromatic N) is 5. The maximum Gasteiger partial charge on any atom is 0.348 e. The van der Waals surface area contributed by atoms with Crippen LogP contribution in [-0.4, -0.2) is 16.2 Å². The molecule has 9 heteroatoms. The SMILES string of the molecule is Nc1no[n+]([O-])c1C(=O)N1N=N1. The number of nitrogen functional groups attached to an aromatic ring is 1. The Hall–Kier alpha value is -2.19. The molecule has 0 aromatic carbocycles. The zero-order valence-corrected chi connectivity index (χ0v) is 5.54. The van der Waals surface area contributed by atoms with E-state index in [0.717, 1.165) is 0 Å². The normalized spacial score (nSPS) is 13.5. The summed E-state index contributed by atoms with van der Waals surface area (Å²) >= 11 is 0. The maximum absolute atomic E-state index is 11.0. The second kappa shape index (κ2) is 1.90.